The van der Waals surface area contributed by atoms with Crippen LogP contribution >= 0.6 is 0 Å². The van der Waals surface area contributed by atoms with Gasteiger partial charge < -0.3 is 10.6 Å². The Bertz CT molecular complexity index is 197. The number of nitrogens with one attached hydrogen (secondary N) is 2. The molecule has 1 amide bonds. The van der Waals surface area contributed by atoms with Crippen LogP contribution in [0.15, 0.2) is 0 Å². The third kappa shape index (κ3) is 2.98. The topological polar surface area (TPSA) is 41.1 Å². The van der Waals surface area contributed by atoms with Crippen LogP contribution in [0.4, 0.5) is 0 Å². The van der Waals surface area contributed by atoms with Crippen molar-refractivity contribution in [2.75, 3.05) is 20.1 Å². The molecule has 0 saturated heterocycles. The molecule has 1 aliphatic rings. The highest BCUT2D eigenvalue weighted by molar-refractivity contribution is 5.77. The summed E-state index contributed by atoms with van der Waals surface area (Å²) in [6.07, 6.45) is 4.02. The molecule has 2 N–H and O–H groups in total. The molecule has 0 atom stereocenters. The fraction of sp³-hybridized carbons (Fsp3) is 0.909. The first-order chi connectivity index (χ1) is 6.56. The number of carbonyl (C=O) groups excluding carboxylic acids is 1. The summed E-state index contributed by atoms with van der Waals surface area (Å²) in [7, 11) is 1.79. The van der Waals surface area contributed by atoms with Gasteiger partial charge >= 0.3 is 0 Å². The first kappa shape index (κ1) is 11.5. The van der Waals surface area contributed by atoms with Gasteiger partial charge in [0, 0.05) is 6.54 Å². The molecule has 0 bridgehead atoms. The fourth-order valence-electron chi connectivity index (χ4n) is 1.88. The second-order valence-corrected chi connectivity index (χ2v) is 4.92. The highest BCUT2D eigenvalue weighted by atomic mass is 16.1. The summed E-state index contributed by atoms with van der Waals surface area (Å²) in [5.74, 6) is 0.900. The van der Waals surface area contributed by atoms with E-state index in [0.29, 0.717) is 6.54 Å². The van der Waals surface area contributed by atoms with Crippen molar-refractivity contribution in [3.05, 3.63) is 0 Å². The van der Waals surface area contributed by atoms with Gasteiger partial charge in [-0.2, -0.15) is 0 Å². The maximum Gasteiger partial charge on any atom is 0.233 e. The van der Waals surface area contributed by atoms with Crippen LogP contribution in [-0.2, 0) is 4.79 Å². The quantitative estimate of drug-likeness (QED) is 0.696. The first-order valence-corrected chi connectivity index (χ1v) is 5.47. The van der Waals surface area contributed by atoms with Crippen molar-refractivity contribution in [2.45, 2.75) is 33.1 Å². The van der Waals surface area contributed by atoms with Gasteiger partial charge in [-0.05, 0) is 31.2 Å². The molecule has 1 saturated carbocycles. The van der Waals surface area contributed by atoms with Crippen LogP contribution in [0.25, 0.3) is 0 Å². The second-order valence-electron chi connectivity index (χ2n) is 4.92. The summed E-state index contributed by atoms with van der Waals surface area (Å²) < 4.78 is 0. The van der Waals surface area contributed by atoms with Crippen LogP contribution in [0.3, 0.4) is 0 Å². The smallest absolute Gasteiger partial charge is 0.233 e. The predicted molar refractivity (Wildman–Crippen MR) is 58.1 cm³/mol. The van der Waals surface area contributed by atoms with Crippen molar-refractivity contribution < 1.29 is 4.79 Å². The van der Waals surface area contributed by atoms with E-state index in [4.69, 9.17) is 0 Å². The lowest BCUT2D eigenvalue weighted by Gasteiger charge is -2.40. The minimum Gasteiger partial charge on any atom is -0.354 e. The molecule has 1 aliphatic carbocycles. The van der Waals surface area contributed by atoms with Gasteiger partial charge in [0.15, 0.2) is 0 Å². The summed E-state index contributed by atoms with van der Waals surface area (Å²) in [5.41, 5.74) is 0.266. The molecule has 1 rings (SSSR count). The van der Waals surface area contributed by atoms with Gasteiger partial charge in [-0.25, -0.2) is 0 Å². The Kier molecular flexibility index (Phi) is 3.93. The molecular formula is C11H22N2O. The summed E-state index contributed by atoms with van der Waals surface area (Å²) in [6, 6.07) is 0. The van der Waals surface area contributed by atoms with Crippen LogP contribution in [0, 0.1) is 11.3 Å². The average Bonchev–Trinajstić information content (AvgIpc) is 1.97. The summed E-state index contributed by atoms with van der Waals surface area (Å²) >= 11 is 0. The average molecular weight is 198 g/mol. The SMILES string of the molecule is CNCC(=O)NCC(C)(C)C1CCC1. The van der Waals surface area contributed by atoms with E-state index >= 15 is 0 Å². The van der Waals surface area contributed by atoms with Crippen molar-refractivity contribution in [1.29, 1.82) is 0 Å². The summed E-state index contributed by atoms with van der Waals surface area (Å²) in [6.45, 7) is 5.71. The highest BCUT2D eigenvalue weighted by Gasteiger charge is 2.33. The molecule has 0 aromatic heterocycles. The normalized spacial score (nSPS) is 17.6. The molecule has 14 heavy (non-hydrogen) atoms. The van der Waals surface area contributed by atoms with E-state index in [2.05, 4.69) is 24.5 Å². The van der Waals surface area contributed by atoms with Crippen molar-refractivity contribution in [2.24, 2.45) is 11.3 Å². The molecule has 0 radical (unpaired) electrons. The van der Waals surface area contributed by atoms with Crippen LogP contribution in [0.5, 0.6) is 0 Å². The molecule has 0 aromatic rings. The molecule has 82 valence electrons. The van der Waals surface area contributed by atoms with Crippen LogP contribution in [-0.4, -0.2) is 26.0 Å². The molecular weight excluding hydrogens is 176 g/mol. The van der Waals surface area contributed by atoms with Crippen LogP contribution in [0.2, 0.25) is 0 Å². The summed E-state index contributed by atoms with van der Waals surface area (Å²) in [5, 5.41) is 5.82. The number of carbonyl (C=O) groups is 1. The number of hydrogen-bond donors (Lipinski definition) is 2. The lowest BCUT2D eigenvalue weighted by molar-refractivity contribution is -0.120. The molecule has 0 aromatic carbocycles. The van der Waals surface area contributed by atoms with Gasteiger partial charge in [0.05, 0.1) is 6.54 Å². The minimum absolute atomic E-state index is 0.0971. The third-order valence-corrected chi connectivity index (χ3v) is 3.29. The van der Waals surface area contributed by atoms with E-state index in [1.54, 1.807) is 7.05 Å². The molecule has 3 heteroatoms. The highest BCUT2D eigenvalue weighted by Crippen LogP contribution is 2.40. The standard InChI is InChI=1S/C11H22N2O/c1-11(2,9-5-4-6-9)8-13-10(14)7-12-3/h9,12H,4-8H2,1-3H3,(H,13,14). The van der Waals surface area contributed by atoms with Gasteiger partial charge in [-0.3, -0.25) is 4.79 Å². The Morgan fingerprint density at radius 3 is 2.50 bits per heavy atom. The fourth-order valence-corrected chi connectivity index (χ4v) is 1.88. The molecule has 0 aliphatic heterocycles. The van der Waals surface area contributed by atoms with Gasteiger partial charge in [-0.1, -0.05) is 20.3 Å². The van der Waals surface area contributed by atoms with E-state index < -0.39 is 0 Å². The lowest BCUT2D eigenvalue weighted by atomic mass is 9.67. The van der Waals surface area contributed by atoms with Crippen molar-refractivity contribution in [1.82, 2.24) is 10.6 Å². The zero-order valence-corrected chi connectivity index (χ0v) is 9.52. The number of amides is 1. The molecule has 0 heterocycles. The van der Waals surface area contributed by atoms with Crippen LogP contribution in [0.1, 0.15) is 33.1 Å². The Hall–Kier alpha value is -0.570. The first-order valence-electron chi connectivity index (χ1n) is 5.47. The zero-order chi connectivity index (χ0) is 10.6. The molecule has 0 unspecified atom stereocenters. The van der Waals surface area contributed by atoms with Gasteiger partial charge in [0.1, 0.15) is 0 Å². The monoisotopic (exact) mass is 198 g/mol. The Morgan fingerprint density at radius 1 is 1.43 bits per heavy atom. The Labute approximate surface area is 86.6 Å². The maximum absolute atomic E-state index is 11.2. The van der Waals surface area contributed by atoms with E-state index in [0.717, 1.165) is 12.5 Å². The van der Waals surface area contributed by atoms with Crippen molar-refractivity contribution >= 4 is 5.91 Å². The van der Waals surface area contributed by atoms with Crippen LogP contribution < -0.4 is 10.6 Å². The van der Waals surface area contributed by atoms with E-state index in [1.807, 2.05) is 0 Å². The Balaban J connectivity index is 2.24. The maximum atomic E-state index is 11.2. The lowest BCUT2D eigenvalue weighted by Crippen LogP contribution is -2.43. The predicted octanol–water partition coefficient (Wildman–Crippen LogP) is 1.15. The van der Waals surface area contributed by atoms with Gasteiger partial charge in [-0.15, -0.1) is 0 Å². The van der Waals surface area contributed by atoms with E-state index in [9.17, 15) is 4.79 Å². The molecule has 3 nitrogen and oxygen atoms in total. The second kappa shape index (κ2) is 4.78. The third-order valence-electron chi connectivity index (χ3n) is 3.29. The molecule has 0 spiro atoms. The summed E-state index contributed by atoms with van der Waals surface area (Å²) in [4.78, 5) is 11.2. The van der Waals surface area contributed by atoms with Gasteiger partial charge in [0.2, 0.25) is 5.91 Å². The number of likely N-dealkylation sites (N-methyl/N-ethyl adjacent to an activating group) is 1. The zero-order valence-electron chi connectivity index (χ0n) is 9.52. The van der Waals surface area contributed by atoms with E-state index in [-0.39, 0.29) is 11.3 Å². The largest absolute Gasteiger partial charge is 0.354 e. The Morgan fingerprint density at radius 2 is 2.07 bits per heavy atom. The van der Waals surface area contributed by atoms with E-state index in [1.165, 1.54) is 19.3 Å². The van der Waals surface area contributed by atoms with Gasteiger partial charge in [0.25, 0.3) is 0 Å². The number of rotatable bonds is 5. The number of hydrogen-bond acceptors (Lipinski definition) is 2. The van der Waals surface area contributed by atoms with Crippen molar-refractivity contribution in [3.63, 3.8) is 0 Å². The minimum atomic E-state index is 0.0971. The molecule has 1 fully saturated rings. The van der Waals surface area contributed by atoms with Crippen molar-refractivity contribution in [3.8, 4) is 0 Å².